The summed E-state index contributed by atoms with van der Waals surface area (Å²) in [5.41, 5.74) is 5.96. The lowest BCUT2D eigenvalue weighted by Crippen LogP contribution is -2.44. The van der Waals surface area contributed by atoms with Crippen molar-refractivity contribution in [3.8, 4) is 0 Å². The van der Waals surface area contributed by atoms with Gasteiger partial charge in [0.15, 0.2) is 0 Å². The van der Waals surface area contributed by atoms with Gasteiger partial charge in [-0.25, -0.2) is 0 Å². The second-order valence-electron chi connectivity index (χ2n) is 4.47. The molecule has 0 radical (unpaired) electrons. The highest BCUT2D eigenvalue weighted by Gasteiger charge is 2.16. The van der Waals surface area contributed by atoms with Gasteiger partial charge in [0.05, 0.1) is 0 Å². The average Bonchev–Trinajstić information content (AvgIpc) is 2.53. The molecule has 0 heterocycles. The normalized spacial score (nSPS) is 9.76. The van der Waals surface area contributed by atoms with Crippen LogP contribution in [0.2, 0.25) is 0 Å². The molecular formula is C16H14N2O3. The van der Waals surface area contributed by atoms with Crippen molar-refractivity contribution in [2.24, 2.45) is 0 Å². The first-order valence-electron chi connectivity index (χ1n) is 6.34. The molecule has 2 aromatic carbocycles. The Balaban J connectivity index is 1.94. The number of hydrazine groups is 1. The highest BCUT2D eigenvalue weighted by atomic mass is 16.2. The molecule has 0 saturated heterocycles. The van der Waals surface area contributed by atoms with Gasteiger partial charge in [0, 0.05) is 11.1 Å². The van der Waals surface area contributed by atoms with E-state index in [0.717, 1.165) is 5.56 Å². The maximum absolute atomic E-state index is 11.8. The molecule has 21 heavy (non-hydrogen) atoms. The summed E-state index contributed by atoms with van der Waals surface area (Å²) in [7, 11) is 0. The second-order valence-corrected chi connectivity index (χ2v) is 4.47. The Hall–Kier alpha value is -2.95. The van der Waals surface area contributed by atoms with Gasteiger partial charge in [0.1, 0.15) is 0 Å². The van der Waals surface area contributed by atoms with E-state index in [1.807, 2.05) is 6.92 Å². The van der Waals surface area contributed by atoms with Gasteiger partial charge in [-0.15, -0.1) is 0 Å². The van der Waals surface area contributed by atoms with E-state index in [2.05, 4.69) is 10.9 Å². The van der Waals surface area contributed by atoms with Crippen LogP contribution < -0.4 is 10.9 Å². The molecular weight excluding hydrogens is 268 g/mol. The molecule has 0 atom stereocenters. The first kappa shape index (κ1) is 14.5. The van der Waals surface area contributed by atoms with Crippen molar-refractivity contribution in [3.05, 3.63) is 71.3 Å². The number of nitrogens with one attached hydrogen (secondary N) is 2. The Bertz CT molecular complexity index is 664. The van der Waals surface area contributed by atoms with E-state index < -0.39 is 17.6 Å². The molecule has 0 bridgehead atoms. The minimum Gasteiger partial charge on any atom is -0.283 e. The summed E-state index contributed by atoms with van der Waals surface area (Å²) >= 11 is 0. The van der Waals surface area contributed by atoms with Crippen LogP contribution in [0.5, 0.6) is 0 Å². The second kappa shape index (κ2) is 6.47. The average molecular weight is 282 g/mol. The molecule has 0 aliphatic rings. The van der Waals surface area contributed by atoms with E-state index in [0.29, 0.717) is 5.56 Å². The minimum absolute atomic E-state index is 0.270. The molecule has 2 N–H and O–H groups in total. The monoisotopic (exact) mass is 282 g/mol. The summed E-state index contributed by atoms with van der Waals surface area (Å²) in [6.45, 7) is 1.88. The van der Waals surface area contributed by atoms with E-state index in [1.54, 1.807) is 54.6 Å². The molecule has 0 saturated carbocycles. The minimum atomic E-state index is -0.886. The van der Waals surface area contributed by atoms with Crippen LogP contribution >= 0.6 is 0 Å². The zero-order valence-electron chi connectivity index (χ0n) is 11.4. The van der Waals surface area contributed by atoms with Gasteiger partial charge in [-0.1, -0.05) is 48.0 Å². The molecule has 0 spiro atoms. The van der Waals surface area contributed by atoms with Crippen LogP contribution in [0.25, 0.3) is 0 Å². The summed E-state index contributed by atoms with van der Waals surface area (Å²) in [4.78, 5) is 35.2. The molecule has 0 fully saturated rings. The highest BCUT2D eigenvalue weighted by Crippen LogP contribution is 2.04. The van der Waals surface area contributed by atoms with E-state index in [4.69, 9.17) is 0 Å². The van der Waals surface area contributed by atoms with Gasteiger partial charge in [-0.2, -0.15) is 0 Å². The fourth-order valence-corrected chi connectivity index (χ4v) is 1.67. The van der Waals surface area contributed by atoms with Gasteiger partial charge >= 0.3 is 5.91 Å². The molecule has 0 aromatic heterocycles. The van der Waals surface area contributed by atoms with Crippen LogP contribution in [0, 0.1) is 6.92 Å². The van der Waals surface area contributed by atoms with Crippen LogP contribution in [-0.4, -0.2) is 17.6 Å². The standard InChI is InChI=1S/C16H14N2O3/c1-11-7-9-12(10-8-11)14(19)16(21)18-17-15(20)13-5-3-2-4-6-13/h2-10H,1H3,(H,17,20)(H,18,21). The van der Waals surface area contributed by atoms with Crippen molar-refractivity contribution >= 4 is 17.6 Å². The summed E-state index contributed by atoms with van der Waals surface area (Å²) in [6, 6.07) is 15.0. The number of ketones is 1. The lowest BCUT2D eigenvalue weighted by molar-refractivity contribution is -0.117. The Morgan fingerprint density at radius 3 is 2.00 bits per heavy atom. The van der Waals surface area contributed by atoms with Crippen molar-refractivity contribution < 1.29 is 14.4 Å². The van der Waals surface area contributed by atoms with Crippen LogP contribution in [0.1, 0.15) is 26.3 Å². The van der Waals surface area contributed by atoms with Gasteiger partial charge < -0.3 is 0 Å². The lowest BCUT2D eigenvalue weighted by Gasteiger charge is -2.06. The third-order valence-corrected chi connectivity index (χ3v) is 2.85. The highest BCUT2D eigenvalue weighted by molar-refractivity contribution is 6.42. The van der Waals surface area contributed by atoms with Crippen LogP contribution in [-0.2, 0) is 4.79 Å². The molecule has 0 unspecified atom stereocenters. The predicted molar refractivity (Wildman–Crippen MR) is 77.6 cm³/mol. The quantitative estimate of drug-likeness (QED) is 0.510. The van der Waals surface area contributed by atoms with Gasteiger partial charge in [-0.3, -0.25) is 25.2 Å². The zero-order chi connectivity index (χ0) is 15.2. The van der Waals surface area contributed by atoms with E-state index in [9.17, 15) is 14.4 Å². The third-order valence-electron chi connectivity index (χ3n) is 2.85. The third kappa shape index (κ3) is 3.76. The van der Waals surface area contributed by atoms with Crippen molar-refractivity contribution in [1.82, 2.24) is 10.9 Å². The number of hydrogen-bond acceptors (Lipinski definition) is 3. The Kier molecular flexibility index (Phi) is 4.46. The summed E-state index contributed by atoms with van der Waals surface area (Å²) < 4.78 is 0. The smallest absolute Gasteiger partial charge is 0.283 e. The summed E-state index contributed by atoms with van der Waals surface area (Å²) in [5, 5.41) is 0. The molecule has 106 valence electrons. The Morgan fingerprint density at radius 2 is 1.38 bits per heavy atom. The fraction of sp³-hybridized carbons (Fsp3) is 0.0625. The van der Waals surface area contributed by atoms with Gasteiger partial charge in [-0.05, 0) is 19.1 Å². The zero-order valence-corrected chi connectivity index (χ0v) is 11.4. The van der Waals surface area contributed by atoms with Crippen molar-refractivity contribution in [1.29, 1.82) is 0 Å². The molecule has 0 aliphatic carbocycles. The number of aryl methyl sites for hydroxylation is 1. The number of benzene rings is 2. The molecule has 2 rings (SSSR count). The molecule has 0 aliphatic heterocycles. The van der Waals surface area contributed by atoms with Gasteiger partial charge in [0.25, 0.3) is 11.7 Å². The predicted octanol–water partition coefficient (Wildman–Crippen LogP) is 1.64. The maximum atomic E-state index is 11.8. The van der Waals surface area contributed by atoms with Crippen molar-refractivity contribution in [2.45, 2.75) is 6.92 Å². The Morgan fingerprint density at radius 1 is 0.762 bits per heavy atom. The fourth-order valence-electron chi connectivity index (χ4n) is 1.67. The maximum Gasteiger partial charge on any atom is 0.310 e. The number of Topliss-reactive ketones (excluding diaryl/α,β-unsaturated/α-hetero) is 1. The first-order chi connectivity index (χ1) is 10.1. The summed E-state index contributed by atoms with van der Waals surface area (Å²) in [6.07, 6.45) is 0. The molecule has 5 nitrogen and oxygen atoms in total. The van der Waals surface area contributed by atoms with Crippen LogP contribution in [0.4, 0.5) is 0 Å². The number of hydrogen-bond donors (Lipinski definition) is 2. The number of rotatable bonds is 3. The molecule has 5 heteroatoms. The van der Waals surface area contributed by atoms with Crippen LogP contribution in [0.15, 0.2) is 54.6 Å². The number of carbonyl (C=O) groups is 3. The van der Waals surface area contributed by atoms with E-state index >= 15 is 0 Å². The topological polar surface area (TPSA) is 75.3 Å². The van der Waals surface area contributed by atoms with E-state index in [-0.39, 0.29) is 5.56 Å². The van der Waals surface area contributed by atoms with E-state index in [1.165, 1.54) is 0 Å². The molecule has 2 aromatic rings. The summed E-state index contributed by atoms with van der Waals surface area (Å²) in [5.74, 6) is -2.08. The largest absolute Gasteiger partial charge is 0.310 e. The van der Waals surface area contributed by atoms with Crippen molar-refractivity contribution in [2.75, 3.05) is 0 Å². The van der Waals surface area contributed by atoms with Crippen molar-refractivity contribution in [3.63, 3.8) is 0 Å². The molecule has 2 amide bonds. The van der Waals surface area contributed by atoms with Gasteiger partial charge in [0.2, 0.25) is 0 Å². The first-order valence-corrected chi connectivity index (χ1v) is 6.34. The van der Waals surface area contributed by atoms with Crippen LogP contribution in [0.3, 0.4) is 0 Å². The number of amides is 2. The SMILES string of the molecule is Cc1ccc(C(=O)C(=O)NNC(=O)c2ccccc2)cc1. The Labute approximate surface area is 122 Å². The number of carbonyl (C=O) groups excluding carboxylic acids is 3. The lowest BCUT2D eigenvalue weighted by atomic mass is 10.1.